The molecule has 7 heteroatoms. The number of aliphatic hydroxyl groups excluding tert-OH is 1. The van der Waals surface area contributed by atoms with Gasteiger partial charge in [-0.1, -0.05) is 0 Å². The van der Waals surface area contributed by atoms with Crippen LogP contribution >= 0.6 is 0 Å². The van der Waals surface area contributed by atoms with E-state index in [1.54, 1.807) is 4.90 Å². The third-order valence-electron chi connectivity index (χ3n) is 6.42. The number of carbonyl (C=O) groups is 2. The van der Waals surface area contributed by atoms with Gasteiger partial charge in [0.2, 0.25) is 0 Å². The van der Waals surface area contributed by atoms with Gasteiger partial charge in [-0.05, 0) is 80.9 Å². The highest BCUT2D eigenvalue weighted by atomic mass is 19.1. The van der Waals surface area contributed by atoms with Crippen LogP contribution in [0.2, 0.25) is 0 Å². The van der Waals surface area contributed by atoms with Crippen LogP contribution in [0.4, 0.5) is 8.78 Å². The molecule has 0 aromatic heterocycles. The number of amides is 1. The minimum absolute atomic E-state index is 0.0250. The van der Waals surface area contributed by atoms with Gasteiger partial charge in [-0.3, -0.25) is 14.5 Å². The Bertz CT molecular complexity index is 925. The lowest BCUT2D eigenvalue weighted by Crippen LogP contribution is -2.58. The van der Waals surface area contributed by atoms with E-state index < -0.39 is 6.10 Å². The second-order valence-electron chi connectivity index (χ2n) is 8.36. The van der Waals surface area contributed by atoms with Crippen LogP contribution in [0.3, 0.4) is 0 Å². The molecule has 0 aliphatic carbocycles. The second-order valence-corrected chi connectivity index (χ2v) is 8.36. The van der Waals surface area contributed by atoms with Crippen molar-refractivity contribution in [2.45, 2.75) is 31.4 Å². The molecule has 0 saturated carbocycles. The van der Waals surface area contributed by atoms with Crippen LogP contribution in [-0.2, 0) is 0 Å². The zero-order valence-corrected chi connectivity index (χ0v) is 17.2. The van der Waals surface area contributed by atoms with Gasteiger partial charge >= 0.3 is 0 Å². The van der Waals surface area contributed by atoms with E-state index >= 15 is 0 Å². The standard InChI is InChI=1S/C24H26F2N2O3/c25-19-5-1-16(2-6-19)23(30)17-9-12-27(13-10-17)21-15-28(14-11-22(21)29)24(31)18-3-7-20(26)8-4-18/h1-8,17,21-22,29H,9-15H2/t21-,22-/m1/s1. The van der Waals surface area contributed by atoms with Gasteiger partial charge < -0.3 is 10.0 Å². The zero-order chi connectivity index (χ0) is 22.0. The fourth-order valence-corrected chi connectivity index (χ4v) is 4.58. The van der Waals surface area contributed by atoms with Gasteiger partial charge in [-0.15, -0.1) is 0 Å². The van der Waals surface area contributed by atoms with Crippen LogP contribution < -0.4 is 0 Å². The lowest BCUT2D eigenvalue weighted by Gasteiger charge is -2.44. The van der Waals surface area contributed by atoms with Crippen LogP contribution in [0.25, 0.3) is 0 Å². The predicted molar refractivity (Wildman–Crippen MR) is 112 cm³/mol. The molecule has 5 nitrogen and oxygen atoms in total. The molecule has 0 unspecified atom stereocenters. The summed E-state index contributed by atoms with van der Waals surface area (Å²) in [5.41, 5.74) is 0.953. The average Bonchev–Trinajstić information content (AvgIpc) is 2.80. The summed E-state index contributed by atoms with van der Waals surface area (Å²) in [4.78, 5) is 29.4. The molecule has 2 heterocycles. The summed E-state index contributed by atoms with van der Waals surface area (Å²) in [6.45, 7) is 2.15. The minimum Gasteiger partial charge on any atom is -0.391 e. The first-order valence-electron chi connectivity index (χ1n) is 10.7. The molecular formula is C24H26F2N2O3. The van der Waals surface area contributed by atoms with Gasteiger partial charge in [0.15, 0.2) is 5.78 Å². The van der Waals surface area contributed by atoms with Gasteiger partial charge in [-0.25, -0.2) is 8.78 Å². The van der Waals surface area contributed by atoms with Crippen molar-refractivity contribution in [3.8, 4) is 0 Å². The van der Waals surface area contributed by atoms with E-state index in [0.29, 0.717) is 56.6 Å². The quantitative estimate of drug-likeness (QED) is 0.761. The number of benzene rings is 2. The van der Waals surface area contributed by atoms with Crippen molar-refractivity contribution in [1.82, 2.24) is 9.80 Å². The third kappa shape index (κ3) is 4.83. The van der Waals surface area contributed by atoms with Crippen molar-refractivity contribution in [2.75, 3.05) is 26.2 Å². The summed E-state index contributed by atoms with van der Waals surface area (Å²) in [5.74, 6) is -1.02. The van der Waals surface area contributed by atoms with Crippen LogP contribution in [0, 0.1) is 17.6 Å². The smallest absolute Gasteiger partial charge is 0.253 e. The van der Waals surface area contributed by atoms with E-state index in [-0.39, 0.29) is 35.3 Å². The molecule has 0 bridgehead atoms. The molecule has 2 aromatic rings. The molecule has 1 N–H and O–H groups in total. The maximum Gasteiger partial charge on any atom is 0.253 e. The maximum atomic E-state index is 13.2. The largest absolute Gasteiger partial charge is 0.391 e. The number of piperidine rings is 2. The lowest BCUT2D eigenvalue weighted by atomic mass is 9.87. The van der Waals surface area contributed by atoms with E-state index in [9.17, 15) is 23.5 Å². The Morgan fingerprint density at radius 3 is 1.94 bits per heavy atom. The molecule has 2 aliphatic heterocycles. The fourth-order valence-electron chi connectivity index (χ4n) is 4.58. The SMILES string of the molecule is O=C(c1ccc(F)cc1)C1CCN([C@@H]2CN(C(=O)c3ccc(F)cc3)CC[C@H]2O)CC1. The summed E-state index contributed by atoms with van der Waals surface area (Å²) in [7, 11) is 0. The van der Waals surface area contributed by atoms with Crippen molar-refractivity contribution in [1.29, 1.82) is 0 Å². The monoisotopic (exact) mass is 428 g/mol. The Hall–Kier alpha value is -2.64. The number of hydrogen-bond acceptors (Lipinski definition) is 4. The molecule has 31 heavy (non-hydrogen) atoms. The summed E-state index contributed by atoms with van der Waals surface area (Å²) in [6, 6.07) is 10.9. The molecule has 0 spiro atoms. The van der Waals surface area contributed by atoms with Crippen molar-refractivity contribution in [2.24, 2.45) is 5.92 Å². The third-order valence-corrected chi connectivity index (χ3v) is 6.42. The topological polar surface area (TPSA) is 60.9 Å². The lowest BCUT2D eigenvalue weighted by molar-refractivity contribution is -0.0175. The Labute approximate surface area is 180 Å². The predicted octanol–water partition coefficient (Wildman–Crippen LogP) is 3.14. The summed E-state index contributed by atoms with van der Waals surface area (Å²) >= 11 is 0. The van der Waals surface area contributed by atoms with Crippen LogP contribution in [0.1, 0.15) is 40.0 Å². The van der Waals surface area contributed by atoms with E-state index in [1.165, 1.54) is 48.5 Å². The molecule has 2 aromatic carbocycles. The number of likely N-dealkylation sites (tertiary alicyclic amines) is 2. The Kier molecular flexibility index (Phi) is 6.43. The van der Waals surface area contributed by atoms with E-state index in [1.807, 2.05) is 0 Å². The van der Waals surface area contributed by atoms with Gasteiger partial charge in [0.25, 0.3) is 5.91 Å². The number of hydrogen-bond donors (Lipinski definition) is 1. The Morgan fingerprint density at radius 1 is 0.806 bits per heavy atom. The summed E-state index contributed by atoms with van der Waals surface area (Å²) < 4.78 is 26.3. The number of rotatable bonds is 4. The molecule has 2 fully saturated rings. The average molecular weight is 428 g/mol. The van der Waals surface area contributed by atoms with Gasteiger partial charge in [-0.2, -0.15) is 0 Å². The molecule has 2 atom stereocenters. The fraction of sp³-hybridized carbons (Fsp3) is 0.417. The first-order valence-corrected chi connectivity index (χ1v) is 10.7. The minimum atomic E-state index is -0.540. The highest BCUT2D eigenvalue weighted by molar-refractivity contribution is 5.97. The van der Waals surface area contributed by atoms with Crippen LogP contribution in [0.15, 0.2) is 48.5 Å². The first kappa shape index (κ1) is 21.6. The molecule has 1 amide bonds. The molecule has 0 radical (unpaired) electrons. The van der Waals surface area contributed by atoms with Gasteiger partial charge in [0.1, 0.15) is 11.6 Å². The van der Waals surface area contributed by atoms with Crippen molar-refractivity contribution >= 4 is 11.7 Å². The number of carbonyl (C=O) groups excluding carboxylic acids is 2. The van der Waals surface area contributed by atoms with Crippen molar-refractivity contribution < 1.29 is 23.5 Å². The number of aliphatic hydroxyl groups is 1. The molecule has 2 saturated heterocycles. The number of ketones is 1. The zero-order valence-electron chi connectivity index (χ0n) is 17.2. The van der Waals surface area contributed by atoms with E-state index in [4.69, 9.17) is 0 Å². The molecule has 4 rings (SSSR count). The van der Waals surface area contributed by atoms with Crippen LogP contribution in [0.5, 0.6) is 0 Å². The maximum absolute atomic E-state index is 13.2. The highest BCUT2D eigenvalue weighted by Crippen LogP contribution is 2.27. The number of halogens is 2. The highest BCUT2D eigenvalue weighted by Gasteiger charge is 2.37. The molecule has 164 valence electrons. The van der Waals surface area contributed by atoms with Crippen LogP contribution in [-0.4, -0.2) is 64.9 Å². The second kappa shape index (κ2) is 9.24. The molecule has 2 aliphatic rings. The van der Waals surface area contributed by atoms with Crippen molar-refractivity contribution in [3.63, 3.8) is 0 Å². The normalized spacial score (nSPS) is 23.0. The summed E-state index contributed by atoms with van der Waals surface area (Å²) in [5, 5.41) is 10.6. The van der Waals surface area contributed by atoms with E-state index in [2.05, 4.69) is 4.90 Å². The van der Waals surface area contributed by atoms with E-state index in [0.717, 1.165) is 0 Å². The number of nitrogens with zero attached hydrogens (tertiary/aromatic N) is 2. The van der Waals surface area contributed by atoms with Gasteiger partial charge in [0.05, 0.1) is 12.1 Å². The molecular weight excluding hydrogens is 402 g/mol. The summed E-state index contributed by atoms with van der Waals surface area (Å²) in [6.07, 6.45) is 1.25. The number of Topliss-reactive ketones (excluding diaryl/α,β-unsaturated/α-hetero) is 1. The van der Waals surface area contributed by atoms with Gasteiger partial charge in [0, 0.05) is 30.1 Å². The Balaban J connectivity index is 1.36. The Morgan fingerprint density at radius 2 is 1.35 bits per heavy atom. The van der Waals surface area contributed by atoms with Crippen molar-refractivity contribution in [3.05, 3.63) is 71.3 Å². The first-order chi connectivity index (χ1) is 14.9.